The van der Waals surface area contributed by atoms with Gasteiger partial charge in [0.15, 0.2) is 0 Å². The molecule has 0 radical (unpaired) electrons. The lowest BCUT2D eigenvalue weighted by Crippen LogP contribution is -2.47. The highest BCUT2D eigenvalue weighted by Gasteiger charge is 2.21. The summed E-state index contributed by atoms with van der Waals surface area (Å²) >= 11 is 0. The summed E-state index contributed by atoms with van der Waals surface area (Å²) < 4.78 is 5.37. The van der Waals surface area contributed by atoms with Gasteiger partial charge in [0, 0.05) is 36.5 Å². The van der Waals surface area contributed by atoms with Crippen molar-refractivity contribution >= 4 is 23.2 Å². The number of carbonyl (C=O) groups excluding carboxylic acids is 2. The summed E-state index contributed by atoms with van der Waals surface area (Å²) in [6, 6.07) is 8.12. The Morgan fingerprint density at radius 1 is 1.04 bits per heavy atom. The van der Waals surface area contributed by atoms with Gasteiger partial charge in [-0.05, 0) is 59.0 Å². The van der Waals surface area contributed by atoms with Crippen molar-refractivity contribution in [3.63, 3.8) is 0 Å². The summed E-state index contributed by atoms with van der Waals surface area (Å²) in [6.07, 6.45) is 0. The van der Waals surface area contributed by atoms with Crippen LogP contribution in [0.5, 0.6) is 0 Å². The molecule has 1 heterocycles. The number of ether oxygens (including phenoxy) is 1. The number of carbonyl (C=O) groups is 2. The second-order valence-electron chi connectivity index (χ2n) is 7.86. The molecular weight excluding hydrogens is 356 g/mol. The van der Waals surface area contributed by atoms with E-state index < -0.39 is 0 Å². The lowest BCUT2D eigenvalue weighted by atomic mass is 10.2. The second kappa shape index (κ2) is 10.4. The number of hydrogen-bond acceptors (Lipinski definition) is 5. The molecule has 1 aromatic rings. The predicted molar refractivity (Wildman–Crippen MR) is 113 cm³/mol. The van der Waals surface area contributed by atoms with Gasteiger partial charge in [0.05, 0.1) is 26.3 Å². The van der Waals surface area contributed by atoms with Crippen LogP contribution in [0, 0.1) is 0 Å². The molecule has 156 valence electrons. The van der Waals surface area contributed by atoms with E-state index in [1.54, 1.807) is 11.9 Å². The van der Waals surface area contributed by atoms with E-state index >= 15 is 0 Å². The molecule has 7 heteroatoms. The highest BCUT2D eigenvalue weighted by atomic mass is 16.5. The van der Waals surface area contributed by atoms with Crippen LogP contribution in [0.25, 0.3) is 0 Å². The van der Waals surface area contributed by atoms with Crippen molar-refractivity contribution in [1.82, 2.24) is 9.80 Å². The molecule has 0 saturated carbocycles. The second-order valence-corrected chi connectivity index (χ2v) is 7.86. The quantitative estimate of drug-likeness (QED) is 0.736. The number of amides is 2. The van der Waals surface area contributed by atoms with Gasteiger partial charge in [-0.1, -0.05) is 0 Å². The fourth-order valence-corrected chi connectivity index (χ4v) is 3.56. The maximum absolute atomic E-state index is 12.5. The Morgan fingerprint density at radius 2 is 1.61 bits per heavy atom. The SMILES string of the molecule is CC(C)N(C(=O)CN(C)CC(=O)Nc1ccc(N2CCOCC2)cc1)C(C)C. The molecule has 0 aromatic heterocycles. The monoisotopic (exact) mass is 390 g/mol. The van der Waals surface area contributed by atoms with Gasteiger partial charge in [-0.2, -0.15) is 0 Å². The van der Waals surface area contributed by atoms with Crippen LogP contribution in [0.1, 0.15) is 27.7 Å². The smallest absolute Gasteiger partial charge is 0.238 e. The molecule has 0 unspecified atom stereocenters. The van der Waals surface area contributed by atoms with Gasteiger partial charge in [-0.3, -0.25) is 14.5 Å². The lowest BCUT2D eigenvalue weighted by molar-refractivity contribution is -0.135. The van der Waals surface area contributed by atoms with E-state index in [1.165, 1.54) is 0 Å². The third-order valence-electron chi connectivity index (χ3n) is 4.75. The van der Waals surface area contributed by atoms with Crippen molar-refractivity contribution in [1.29, 1.82) is 0 Å². The van der Waals surface area contributed by atoms with Crippen molar-refractivity contribution in [2.75, 3.05) is 56.7 Å². The Balaban J connectivity index is 1.83. The molecule has 1 N–H and O–H groups in total. The standard InChI is InChI=1S/C21H34N4O3/c1-16(2)25(17(3)4)21(27)15-23(5)14-20(26)22-18-6-8-19(9-7-18)24-10-12-28-13-11-24/h6-9,16-17H,10-15H2,1-5H3,(H,22,26). The van der Waals surface area contributed by atoms with E-state index in [4.69, 9.17) is 4.74 Å². The minimum absolute atomic E-state index is 0.0372. The first-order chi connectivity index (χ1) is 13.3. The summed E-state index contributed by atoms with van der Waals surface area (Å²) in [7, 11) is 1.79. The fraction of sp³-hybridized carbons (Fsp3) is 0.619. The molecule has 1 aliphatic heterocycles. The van der Waals surface area contributed by atoms with Crippen molar-refractivity contribution in [3.8, 4) is 0 Å². The summed E-state index contributed by atoms with van der Waals surface area (Å²) in [5, 5.41) is 2.90. The fourth-order valence-electron chi connectivity index (χ4n) is 3.56. The molecule has 0 spiro atoms. The molecule has 7 nitrogen and oxygen atoms in total. The van der Waals surface area contributed by atoms with Crippen LogP contribution in [0.3, 0.4) is 0 Å². The first kappa shape index (κ1) is 22.2. The summed E-state index contributed by atoms with van der Waals surface area (Å²) in [4.78, 5) is 30.7. The van der Waals surface area contributed by atoms with Crippen molar-refractivity contribution in [2.45, 2.75) is 39.8 Å². The van der Waals surface area contributed by atoms with Gasteiger partial charge in [0.1, 0.15) is 0 Å². The highest BCUT2D eigenvalue weighted by Crippen LogP contribution is 2.19. The van der Waals surface area contributed by atoms with Gasteiger partial charge >= 0.3 is 0 Å². The minimum atomic E-state index is -0.130. The first-order valence-electron chi connectivity index (χ1n) is 10.00. The van der Waals surface area contributed by atoms with E-state index in [0.29, 0.717) is 0 Å². The Bertz CT molecular complexity index is 632. The van der Waals surface area contributed by atoms with Crippen LogP contribution in [-0.4, -0.2) is 80.1 Å². The van der Waals surface area contributed by atoms with E-state index in [2.05, 4.69) is 10.2 Å². The number of morpholine rings is 1. The molecule has 1 fully saturated rings. The number of nitrogens with zero attached hydrogens (tertiary/aromatic N) is 3. The van der Waals surface area contributed by atoms with Crippen LogP contribution in [-0.2, 0) is 14.3 Å². The van der Waals surface area contributed by atoms with E-state index in [9.17, 15) is 9.59 Å². The summed E-state index contributed by atoms with van der Waals surface area (Å²) in [5.41, 5.74) is 1.89. The van der Waals surface area contributed by atoms with Crippen molar-refractivity contribution in [2.24, 2.45) is 0 Å². The zero-order valence-electron chi connectivity index (χ0n) is 17.8. The Kier molecular flexibility index (Phi) is 8.26. The average molecular weight is 391 g/mol. The van der Waals surface area contributed by atoms with E-state index in [0.717, 1.165) is 37.7 Å². The topological polar surface area (TPSA) is 65.1 Å². The van der Waals surface area contributed by atoms with Crippen LogP contribution in [0.2, 0.25) is 0 Å². The van der Waals surface area contributed by atoms with E-state index in [-0.39, 0.29) is 37.0 Å². The number of rotatable bonds is 8. The molecule has 0 atom stereocenters. The Morgan fingerprint density at radius 3 is 2.14 bits per heavy atom. The number of anilines is 2. The normalized spacial score (nSPS) is 14.6. The van der Waals surface area contributed by atoms with Crippen molar-refractivity contribution < 1.29 is 14.3 Å². The molecule has 2 rings (SSSR count). The third-order valence-corrected chi connectivity index (χ3v) is 4.75. The van der Waals surface area contributed by atoms with Gasteiger partial charge in [0.2, 0.25) is 11.8 Å². The van der Waals surface area contributed by atoms with Gasteiger partial charge < -0.3 is 19.9 Å². The summed E-state index contributed by atoms with van der Waals surface area (Å²) in [5.74, 6) is -0.0924. The predicted octanol–water partition coefficient (Wildman–Crippen LogP) is 2.04. The first-order valence-corrected chi connectivity index (χ1v) is 10.00. The Labute approximate surface area is 168 Å². The molecular formula is C21H34N4O3. The minimum Gasteiger partial charge on any atom is -0.378 e. The zero-order valence-corrected chi connectivity index (χ0v) is 17.8. The zero-order chi connectivity index (χ0) is 20.7. The van der Waals surface area contributed by atoms with Crippen LogP contribution in [0.4, 0.5) is 11.4 Å². The Hall–Kier alpha value is -2.12. The molecule has 1 aromatic carbocycles. The molecule has 0 aliphatic carbocycles. The molecule has 1 aliphatic rings. The number of nitrogens with one attached hydrogen (secondary N) is 1. The molecule has 28 heavy (non-hydrogen) atoms. The maximum atomic E-state index is 12.5. The van der Waals surface area contributed by atoms with Crippen LogP contribution < -0.4 is 10.2 Å². The number of likely N-dealkylation sites (N-methyl/N-ethyl adjacent to an activating group) is 1. The number of hydrogen-bond donors (Lipinski definition) is 1. The molecule has 2 amide bonds. The summed E-state index contributed by atoms with van der Waals surface area (Å²) in [6.45, 7) is 11.7. The largest absolute Gasteiger partial charge is 0.378 e. The molecule has 0 bridgehead atoms. The van der Waals surface area contributed by atoms with Gasteiger partial charge in [0.25, 0.3) is 0 Å². The van der Waals surface area contributed by atoms with E-state index in [1.807, 2.05) is 56.9 Å². The highest BCUT2D eigenvalue weighted by molar-refractivity contribution is 5.92. The molecule has 1 saturated heterocycles. The van der Waals surface area contributed by atoms with Crippen molar-refractivity contribution in [3.05, 3.63) is 24.3 Å². The van der Waals surface area contributed by atoms with Gasteiger partial charge in [-0.25, -0.2) is 0 Å². The van der Waals surface area contributed by atoms with Crippen LogP contribution >= 0.6 is 0 Å². The number of benzene rings is 1. The maximum Gasteiger partial charge on any atom is 0.238 e. The third kappa shape index (κ3) is 6.49. The average Bonchev–Trinajstić information content (AvgIpc) is 2.62. The van der Waals surface area contributed by atoms with Gasteiger partial charge in [-0.15, -0.1) is 0 Å². The van der Waals surface area contributed by atoms with Crippen LogP contribution in [0.15, 0.2) is 24.3 Å². The lowest BCUT2D eigenvalue weighted by Gasteiger charge is -2.32.